The molecule has 0 saturated carbocycles. The summed E-state index contributed by atoms with van der Waals surface area (Å²) in [7, 11) is 0. The predicted molar refractivity (Wildman–Crippen MR) is 134 cm³/mol. The number of fused-ring (bicyclic) bond motifs is 2. The number of carbonyl (C=O) groups is 3. The fourth-order valence-corrected chi connectivity index (χ4v) is 6.18. The largest absolute Gasteiger partial charge is 0.543 e. The molecule has 1 fully saturated rings. The van der Waals surface area contributed by atoms with Crippen molar-refractivity contribution in [2.75, 3.05) is 18.1 Å². The lowest BCUT2D eigenvalue weighted by atomic mass is 10.0. The van der Waals surface area contributed by atoms with Crippen molar-refractivity contribution in [3.63, 3.8) is 0 Å². The summed E-state index contributed by atoms with van der Waals surface area (Å²) in [5.74, 6) is -2.52. The molecule has 0 radical (unpaired) electrons. The number of nitrogens with two attached hydrogens (primary N) is 1. The number of carbonyl (C=O) groups excluding carboxylic acids is 3. The van der Waals surface area contributed by atoms with Crippen LogP contribution in [0.15, 0.2) is 52.4 Å². The monoisotopic (exact) mass is 552 g/mol. The van der Waals surface area contributed by atoms with Crippen molar-refractivity contribution in [1.29, 1.82) is 5.26 Å². The lowest BCUT2D eigenvalue weighted by Crippen LogP contribution is -2.71. The molecule has 0 bridgehead atoms. The summed E-state index contributed by atoms with van der Waals surface area (Å²) in [5, 5.41) is 29.2. The van der Waals surface area contributed by atoms with Gasteiger partial charge in [0.15, 0.2) is 10.8 Å². The van der Waals surface area contributed by atoms with Crippen molar-refractivity contribution in [1.82, 2.24) is 19.6 Å². The molecule has 0 spiro atoms. The number of aliphatic carboxylic acids is 1. The van der Waals surface area contributed by atoms with Gasteiger partial charge in [-0.15, -0.1) is 23.1 Å². The highest BCUT2D eigenvalue weighted by atomic mass is 32.2. The molecule has 3 N–H and O–H groups in total. The molecule has 0 unspecified atom stereocenters. The number of thioether (sulfide) groups is 1. The second-order valence-corrected chi connectivity index (χ2v) is 10.2. The Labute approximate surface area is 223 Å². The summed E-state index contributed by atoms with van der Waals surface area (Å²) in [6.45, 7) is 2.04. The minimum absolute atomic E-state index is 0.134. The Bertz CT molecular complexity index is 1570. The Hall–Kier alpha value is -4.42. The number of imidazole rings is 1. The average molecular weight is 553 g/mol. The van der Waals surface area contributed by atoms with Crippen LogP contribution in [0.2, 0.25) is 0 Å². The summed E-state index contributed by atoms with van der Waals surface area (Å²) in [5.41, 5.74) is 7.01. The lowest BCUT2D eigenvalue weighted by molar-refractivity contribution is -0.662. The molecule has 5 rings (SSSR count). The smallest absolute Gasteiger partial charge is 0.287 e. The SMILES string of the molecule is CCO/N=C(\C(=O)N[C@@H]1C(=O)N2C(C(=O)[O-])=C(C[n+]3cc(C#N)n4ccccc43)CS[C@H]12)c1csc(N)n1. The lowest BCUT2D eigenvalue weighted by Gasteiger charge is -2.50. The van der Waals surface area contributed by atoms with E-state index < -0.39 is 29.2 Å². The van der Waals surface area contributed by atoms with E-state index in [-0.39, 0.29) is 41.1 Å². The molecule has 2 atom stereocenters. The van der Waals surface area contributed by atoms with Gasteiger partial charge in [-0.2, -0.15) is 9.66 Å². The van der Waals surface area contributed by atoms with Crippen LogP contribution >= 0.6 is 23.1 Å². The molecular weight excluding hydrogens is 532 g/mol. The van der Waals surface area contributed by atoms with E-state index in [2.05, 4.69) is 21.5 Å². The first-order valence-electron chi connectivity index (χ1n) is 11.3. The highest BCUT2D eigenvalue weighted by molar-refractivity contribution is 8.00. The van der Waals surface area contributed by atoms with Gasteiger partial charge in [-0.05, 0) is 13.0 Å². The van der Waals surface area contributed by atoms with Crippen molar-refractivity contribution in [3.05, 3.63) is 58.6 Å². The van der Waals surface area contributed by atoms with Crippen LogP contribution in [0.3, 0.4) is 0 Å². The molecule has 2 aliphatic rings. The first-order valence-corrected chi connectivity index (χ1v) is 13.3. The number of nitrogens with zero attached hydrogens (tertiary/aromatic N) is 6. The Kier molecular flexibility index (Phi) is 6.74. The van der Waals surface area contributed by atoms with E-state index in [0.717, 1.165) is 16.2 Å². The maximum absolute atomic E-state index is 13.1. The number of nitriles is 1. The minimum Gasteiger partial charge on any atom is -0.543 e. The number of aromatic nitrogens is 3. The number of carboxylic acid groups (broad SMARTS) is 1. The zero-order valence-corrected chi connectivity index (χ0v) is 21.5. The van der Waals surface area contributed by atoms with Gasteiger partial charge < -0.3 is 25.8 Å². The number of hydrogen-bond acceptors (Lipinski definition) is 11. The molecule has 2 amide bonds. The quantitative estimate of drug-likeness (QED) is 0.153. The van der Waals surface area contributed by atoms with Crippen LogP contribution < -0.4 is 20.7 Å². The minimum atomic E-state index is -1.50. The Morgan fingerprint density at radius 2 is 2.26 bits per heavy atom. The van der Waals surface area contributed by atoms with E-state index in [9.17, 15) is 24.8 Å². The number of hydrogen-bond donors (Lipinski definition) is 2. The van der Waals surface area contributed by atoms with Crippen molar-refractivity contribution in [2.45, 2.75) is 24.9 Å². The maximum atomic E-state index is 13.1. The van der Waals surface area contributed by atoms with Crippen molar-refractivity contribution < 1.29 is 28.9 Å². The zero-order chi connectivity index (χ0) is 27.0. The normalized spacial score (nSPS) is 19.1. The molecule has 2 aliphatic heterocycles. The van der Waals surface area contributed by atoms with Gasteiger partial charge in [-0.1, -0.05) is 11.2 Å². The number of oxime groups is 1. The van der Waals surface area contributed by atoms with Crippen LogP contribution in [-0.4, -0.2) is 61.6 Å². The number of anilines is 1. The van der Waals surface area contributed by atoms with Crippen LogP contribution in [0.25, 0.3) is 5.65 Å². The number of pyridine rings is 1. The summed E-state index contributed by atoms with van der Waals surface area (Å²) < 4.78 is 3.44. The van der Waals surface area contributed by atoms with Crippen LogP contribution in [0, 0.1) is 11.3 Å². The van der Waals surface area contributed by atoms with Crippen molar-refractivity contribution >= 4 is 57.4 Å². The van der Waals surface area contributed by atoms with E-state index in [1.807, 2.05) is 6.07 Å². The van der Waals surface area contributed by atoms with Gasteiger partial charge in [-0.3, -0.25) is 14.5 Å². The van der Waals surface area contributed by atoms with Gasteiger partial charge in [0.2, 0.25) is 5.69 Å². The number of rotatable bonds is 8. The summed E-state index contributed by atoms with van der Waals surface area (Å²) >= 11 is 2.43. The van der Waals surface area contributed by atoms with Crippen molar-refractivity contribution in [2.24, 2.45) is 5.16 Å². The van der Waals surface area contributed by atoms with Gasteiger partial charge in [0, 0.05) is 22.8 Å². The fourth-order valence-electron chi connectivity index (χ4n) is 4.30. The number of nitrogens with one attached hydrogen (secondary N) is 1. The molecule has 3 aromatic heterocycles. The number of carboxylic acids is 1. The Morgan fingerprint density at radius 1 is 1.45 bits per heavy atom. The van der Waals surface area contributed by atoms with Crippen molar-refractivity contribution in [3.8, 4) is 6.07 Å². The van der Waals surface area contributed by atoms with E-state index in [4.69, 9.17) is 10.6 Å². The highest BCUT2D eigenvalue weighted by Crippen LogP contribution is 2.40. The van der Waals surface area contributed by atoms with Crippen LogP contribution in [0.4, 0.5) is 5.13 Å². The van der Waals surface area contributed by atoms with Crippen LogP contribution in [0.5, 0.6) is 0 Å². The van der Waals surface area contributed by atoms with E-state index in [1.54, 1.807) is 45.8 Å². The number of thiazole rings is 1. The average Bonchev–Trinajstić information content (AvgIpc) is 3.50. The van der Waals surface area contributed by atoms with E-state index in [1.165, 1.54) is 11.8 Å². The third kappa shape index (κ3) is 4.33. The first-order chi connectivity index (χ1) is 18.3. The van der Waals surface area contributed by atoms with Crippen LogP contribution in [-0.2, 0) is 25.8 Å². The maximum Gasteiger partial charge on any atom is 0.287 e. The molecule has 38 heavy (non-hydrogen) atoms. The number of β-lactam (4-membered cyclic amide) rings is 1. The number of nitrogen functional groups attached to an aromatic ring is 1. The van der Waals surface area contributed by atoms with E-state index in [0.29, 0.717) is 16.9 Å². The van der Waals surface area contributed by atoms with Gasteiger partial charge in [0.05, 0.1) is 17.9 Å². The summed E-state index contributed by atoms with van der Waals surface area (Å²) in [4.78, 5) is 48.5. The summed E-state index contributed by atoms with van der Waals surface area (Å²) in [6, 6.07) is 6.52. The third-order valence-corrected chi connectivity index (χ3v) is 7.95. The summed E-state index contributed by atoms with van der Waals surface area (Å²) in [6.07, 6.45) is 3.36. The topological polar surface area (TPSA) is 182 Å². The third-order valence-electron chi connectivity index (χ3n) is 5.94. The molecule has 5 heterocycles. The molecular formula is C23H20N8O5S2. The standard InChI is InChI=1S/C23H20N8O5S2/c1-2-36-28-16(14-11-38-23(25)26-14)19(32)27-17-20(33)31-18(22(34)35)12(10-37-21(17)31)8-29-9-13(7-24)30-6-4-3-5-15(29)30/h3-6,9,11,17,21H,2,8,10H2,1H3,(H3-,25,26,27,32,34,35)/b28-16-/t17-,21-/m1/s1. The molecule has 15 heteroatoms. The Balaban J connectivity index is 1.39. The van der Waals surface area contributed by atoms with Gasteiger partial charge in [0.25, 0.3) is 17.5 Å². The predicted octanol–water partition coefficient (Wildman–Crippen LogP) is -1.02. The van der Waals surface area contributed by atoms with Gasteiger partial charge in [-0.25, -0.2) is 9.55 Å². The van der Waals surface area contributed by atoms with Gasteiger partial charge >= 0.3 is 0 Å². The molecule has 3 aromatic rings. The van der Waals surface area contributed by atoms with Gasteiger partial charge in [0.1, 0.15) is 42.5 Å². The Morgan fingerprint density at radius 3 is 2.95 bits per heavy atom. The second kappa shape index (κ2) is 10.1. The second-order valence-electron chi connectivity index (χ2n) is 8.21. The van der Waals surface area contributed by atoms with Crippen LogP contribution in [0.1, 0.15) is 18.3 Å². The molecule has 0 aromatic carbocycles. The fraction of sp³-hybridized carbons (Fsp3) is 0.261. The number of amides is 2. The van der Waals surface area contributed by atoms with E-state index >= 15 is 0 Å². The molecule has 0 aliphatic carbocycles. The highest BCUT2D eigenvalue weighted by Gasteiger charge is 2.53. The molecule has 13 nitrogen and oxygen atoms in total. The zero-order valence-electron chi connectivity index (χ0n) is 19.9. The molecule has 1 saturated heterocycles. The molecule has 194 valence electrons. The first kappa shape index (κ1) is 25.2.